The molecule has 196 valence electrons. The molecule has 0 radical (unpaired) electrons. The highest BCUT2D eigenvalue weighted by Crippen LogP contribution is 2.24. The first-order valence-electron chi connectivity index (χ1n) is 12.4. The van der Waals surface area contributed by atoms with E-state index in [9.17, 15) is 0 Å². The number of fused-ring (bicyclic) bond motifs is 1. The van der Waals surface area contributed by atoms with Gasteiger partial charge in [0.2, 0.25) is 0 Å². The van der Waals surface area contributed by atoms with Gasteiger partial charge in [0, 0.05) is 64.5 Å². The Morgan fingerprint density at radius 1 is 0.972 bits per heavy atom. The Bertz CT molecular complexity index is 1050. The summed E-state index contributed by atoms with van der Waals surface area (Å²) >= 11 is 0. The van der Waals surface area contributed by atoms with Crippen LogP contribution in [0, 0.1) is 0 Å². The van der Waals surface area contributed by atoms with Crippen molar-refractivity contribution in [3.63, 3.8) is 0 Å². The van der Waals surface area contributed by atoms with Crippen LogP contribution in [-0.2, 0) is 4.74 Å². The number of ether oxygens (including phenoxy) is 1. The molecule has 0 bridgehead atoms. The smallest absolute Gasteiger partial charge is 0.186 e. The standard InChI is InChI=1S/C23H30N8O.C2H6O.CH4/c1-29-9-11-31(12-10-29)19-17-25-20-22(24-7-8-30-13-15-32-16-14-30)27-21(28-23(20)26-19)18-5-3-2-4-6-18;1-2-3;/h2-6,17H,7-16H2,1H3,(H,24,26,27,28);3H,2H2,1H3;1H4. The molecular weight excluding hydrogens is 456 g/mol. The minimum absolute atomic E-state index is 0. The molecule has 2 aliphatic rings. The zero-order valence-electron chi connectivity index (χ0n) is 20.7. The molecule has 0 spiro atoms. The fourth-order valence-electron chi connectivity index (χ4n) is 4.08. The van der Waals surface area contributed by atoms with Crippen molar-refractivity contribution >= 4 is 22.8 Å². The number of aliphatic hydroxyl groups excluding tert-OH is 1. The molecule has 10 nitrogen and oxygen atoms in total. The van der Waals surface area contributed by atoms with Crippen LogP contribution < -0.4 is 10.2 Å². The number of nitrogens with one attached hydrogen (secondary N) is 1. The fourth-order valence-corrected chi connectivity index (χ4v) is 4.08. The third kappa shape index (κ3) is 7.30. The van der Waals surface area contributed by atoms with Crippen LogP contribution in [0.25, 0.3) is 22.6 Å². The molecule has 0 amide bonds. The summed E-state index contributed by atoms with van der Waals surface area (Å²) in [6, 6.07) is 10.0. The molecule has 36 heavy (non-hydrogen) atoms. The minimum atomic E-state index is 0. The molecule has 2 fully saturated rings. The second-order valence-electron chi connectivity index (χ2n) is 8.65. The van der Waals surface area contributed by atoms with Gasteiger partial charge in [0.1, 0.15) is 5.82 Å². The van der Waals surface area contributed by atoms with Crippen LogP contribution in [0.2, 0.25) is 0 Å². The second-order valence-corrected chi connectivity index (χ2v) is 8.65. The van der Waals surface area contributed by atoms with Crippen LogP contribution >= 0.6 is 0 Å². The van der Waals surface area contributed by atoms with Crippen molar-refractivity contribution in [2.24, 2.45) is 0 Å². The highest BCUT2D eigenvalue weighted by atomic mass is 16.5. The lowest BCUT2D eigenvalue weighted by atomic mass is 10.2. The number of hydrogen-bond donors (Lipinski definition) is 2. The summed E-state index contributed by atoms with van der Waals surface area (Å²) < 4.78 is 5.45. The van der Waals surface area contributed by atoms with Gasteiger partial charge in [-0.25, -0.2) is 19.9 Å². The van der Waals surface area contributed by atoms with E-state index in [4.69, 9.17) is 29.8 Å². The van der Waals surface area contributed by atoms with Crippen LogP contribution in [0.15, 0.2) is 36.5 Å². The van der Waals surface area contributed by atoms with Gasteiger partial charge in [0.25, 0.3) is 0 Å². The number of aromatic nitrogens is 4. The van der Waals surface area contributed by atoms with Gasteiger partial charge in [-0.2, -0.15) is 0 Å². The van der Waals surface area contributed by atoms with E-state index in [0.29, 0.717) is 17.0 Å². The number of piperazine rings is 1. The molecule has 0 aliphatic carbocycles. The van der Waals surface area contributed by atoms with E-state index in [2.05, 4.69) is 27.1 Å². The monoisotopic (exact) mass is 496 g/mol. The van der Waals surface area contributed by atoms with Gasteiger partial charge in [-0.15, -0.1) is 0 Å². The Morgan fingerprint density at radius 2 is 1.67 bits per heavy atom. The maximum absolute atomic E-state index is 7.57. The summed E-state index contributed by atoms with van der Waals surface area (Å²) in [5.41, 5.74) is 2.31. The third-order valence-corrected chi connectivity index (χ3v) is 6.08. The largest absolute Gasteiger partial charge is 0.397 e. The van der Waals surface area contributed by atoms with Crippen molar-refractivity contribution in [3.8, 4) is 11.4 Å². The van der Waals surface area contributed by atoms with Gasteiger partial charge in [0.05, 0.1) is 19.4 Å². The van der Waals surface area contributed by atoms with E-state index < -0.39 is 0 Å². The first-order valence-corrected chi connectivity index (χ1v) is 12.4. The molecule has 10 heteroatoms. The molecule has 0 unspecified atom stereocenters. The first kappa shape index (κ1) is 27.7. The molecule has 0 atom stereocenters. The Morgan fingerprint density at radius 3 is 2.36 bits per heavy atom. The van der Waals surface area contributed by atoms with Gasteiger partial charge >= 0.3 is 0 Å². The Kier molecular flexibility index (Phi) is 10.7. The SMILES string of the molecule is C.CCO.CN1CCN(c2cnc3c(NCCN4CCOCC4)nc(-c4ccccc4)nc3n2)CC1. The van der Waals surface area contributed by atoms with Crippen molar-refractivity contribution in [2.45, 2.75) is 14.4 Å². The molecule has 4 heterocycles. The zero-order valence-corrected chi connectivity index (χ0v) is 20.7. The van der Waals surface area contributed by atoms with Crippen molar-refractivity contribution in [3.05, 3.63) is 36.5 Å². The topological polar surface area (TPSA) is 103 Å². The van der Waals surface area contributed by atoms with E-state index in [1.807, 2.05) is 36.5 Å². The Hall–Kier alpha value is -2.92. The van der Waals surface area contributed by atoms with Crippen LogP contribution in [0.4, 0.5) is 11.6 Å². The number of anilines is 2. The minimum Gasteiger partial charge on any atom is -0.397 e. The lowest BCUT2D eigenvalue weighted by Crippen LogP contribution is -2.44. The van der Waals surface area contributed by atoms with Crippen LogP contribution in [0.5, 0.6) is 0 Å². The molecule has 2 N–H and O–H groups in total. The van der Waals surface area contributed by atoms with Crippen molar-refractivity contribution in [1.82, 2.24) is 29.7 Å². The molecule has 5 rings (SSSR count). The van der Waals surface area contributed by atoms with E-state index >= 15 is 0 Å². The number of benzene rings is 1. The van der Waals surface area contributed by atoms with Gasteiger partial charge in [0.15, 0.2) is 22.8 Å². The summed E-state index contributed by atoms with van der Waals surface area (Å²) in [7, 11) is 2.15. The highest BCUT2D eigenvalue weighted by molar-refractivity contribution is 5.85. The summed E-state index contributed by atoms with van der Waals surface area (Å²) in [5, 5.41) is 11.1. The Labute approximate surface area is 214 Å². The van der Waals surface area contributed by atoms with Gasteiger partial charge < -0.3 is 25.0 Å². The van der Waals surface area contributed by atoms with Crippen molar-refractivity contribution < 1.29 is 9.84 Å². The normalized spacial score (nSPS) is 16.7. The number of morpholine rings is 1. The van der Waals surface area contributed by atoms with Crippen molar-refractivity contribution in [2.75, 3.05) is 89.4 Å². The van der Waals surface area contributed by atoms with Gasteiger partial charge in [-0.3, -0.25) is 4.90 Å². The van der Waals surface area contributed by atoms with Crippen LogP contribution in [0.3, 0.4) is 0 Å². The summed E-state index contributed by atoms with van der Waals surface area (Å²) in [4.78, 5) is 26.2. The molecule has 3 aromatic rings. The van der Waals surface area contributed by atoms with Gasteiger partial charge in [-0.1, -0.05) is 37.8 Å². The summed E-state index contributed by atoms with van der Waals surface area (Å²) in [6.07, 6.45) is 1.85. The number of rotatable bonds is 6. The van der Waals surface area contributed by atoms with E-state index in [0.717, 1.165) is 82.8 Å². The van der Waals surface area contributed by atoms with Gasteiger partial charge in [-0.05, 0) is 14.0 Å². The molecule has 0 saturated carbocycles. The summed E-state index contributed by atoms with van der Waals surface area (Å²) in [5.74, 6) is 2.28. The molecule has 2 aliphatic heterocycles. The average Bonchev–Trinajstić information content (AvgIpc) is 2.90. The molecule has 2 aromatic heterocycles. The predicted octanol–water partition coefficient (Wildman–Crippen LogP) is 2.22. The quantitative estimate of drug-likeness (QED) is 0.528. The number of hydrogen-bond acceptors (Lipinski definition) is 10. The molecular formula is C26H40N8O2. The maximum atomic E-state index is 7.57. The average molecular weight is 497 g/mol. The first-order chi connectivity index (χ1) is 17.2. The molecule has 1 aromatic carbocycles. The molecule has 2 saturated heterocycles. The van der Waals surface area contributed by atoms with Crippen LogP contribution in [-0.4, -0.2) is 114 Å². The lowest BCUT2D eigenvalue weighted by Gasteiger charge is -2.33. The lowest BCUT2D eigenvalue weighted by molar-refractivity contribution is 0.0398. The predicted molar refractivity (Wildman–Crippen MR) is 146 cm³/mol. The Balaban J connectivity index is 0.000000861. The number of likely N-dealkylation sites (N-methyl/N-ethyl adjacent to an activating group) is 1. The third-order valence-electron chi connectivity index (χ3n) is 6.08. The highest BCUT2D eigenvalue weighted by Gasteiger charge is 2.18. The second kappa shape index (κ2) is 14.0. The van der Waals surface area contributed by atoms with E-state index in [-0.39, 0.29) is 14.0 Å². The number of aliphatic hydroxyl groups is 1. The van der Waals surface area contributed by atoms with E-state index in [1.165, 1.54) is 0 Å². The van der Waals surface area contributed by atoms with Crippen molar-refractivity contribution in [1.29, 1.82) is 0 Å². The summed E-state index contributed by atoms with van der Waals surface area (Å²) in [6.45, 7) is 11.1. The van der Waals surface area contributed by atoms with Crippen LogP contribution in [0.1, 0.15) is 14.4 Å². The maximum Gasteiger partial charge on any atom is 0.186 e. The number of nitrogens with zero attached hydrogens (tertiary/aromatic N) is 7. The van der Waals surface area contributed by atoms with E-state index in [1.54, 1.807) is 6.92 Å². The fraction of sp³-hybridized carbons (Fsp3) is 0.538. The zero-order chi connectivity index (χ0) is 24.5.